The van der Waals surface area contributed by atoms with E-state index >= 15 is 0 Å². The molecule has 108 valence electrons. The number of amides is 1. The minimum Gasteiger partial charge on any atom is -0.380 e. The molecular weight excluding hydrogens is 274 g/mol. The summed E-state index contributed by atoms with van der Waals surface area (Å²) < 4.78 is 5.39. The molecule has 1 aromatic carbocycles. The highest BCUT2D eigenvalue weighted by atomic mass is 35.5. The van der Waals surface area contributed by atoms with Gasteiger partial charge in [0.15, 0.2) is 0 Å². The number of halogens is 1. The molecule has 1 saturated carbocycles. The first-order valence-electron chi connectivity index (χ1n) is 7.26. The average Bonchev–Trinajstić information content (AvgIpc) is 3.28. The lowest BCUT2D eigenvalue weighted by Crippen LogP contribution is -2.43. The molecule has 20 heavy (non-hydrogen) atoms. The maximum absolute atomic E-state index is 12.5. The second-order valence-corrected chi connectivity index (χ2v) is 6.22. The first-order valence-corrected chi connectivity index (χ1v) is 7.64. The fraction of sp³-hybridized carbons (Fsp3) is 0.562. The molecule has 1 aliphatic heterocycles. The molecule has 0 spiro atoms. The first kappa shape index (κ1) is 13.9. The minimum atomic E-state index is 0.159. The Morgan fingerprint density at radius 3 is 2.80 bits per heavy atom. The number of benzene rings is 1. The molecule has 3 atom stereocenters. The molecule has 3 unspecified atom stereocenters. The summed E-state index contributed by atoms with van der Waals surface area (Å²) in [5, 5.41) is 0.747. The zero-order valence-corrected chi connectivity index (χ0v) is 12.5. The molecule has 3 nitrogen and oxygen atoms in total. The van der Waals surface area contributed by atoms with Crippen LogP contribution in [0.1, 0.15) is 30.7 Å². The van der Waals surface area contributed by atoms with Gasteiger partial charge in [0.05, 0.1) is 6.10 Å². The summed E-state index contributed by atoms with van der Waals surface area (Å²) in [7, 11) is 1.73. The summed E-state index contributed by atoms with van der Waals surface area (Å²) in [6, 6.07) is 7.88. The number of carbonyl (C=O) groups excluding carboxylic acids is 1. The fourth-order valence-corrected chi connectivity index (χ4v) is 3.24. The second kappa shape index (κ2) is 5.74. The first-order chi connectivity index (χ1) is 9.69. The number of piperidine rings is 1. The number of methoxy groups -OCH3 is 1. The molecule has 1 aliphatic carbocycles. The summed E-state index contributed by atoms with van der Waals surface area (Å²) in [4.78, 5) is 14.5. The Hall–Kier alpha value is -1.06. The van der Waals surface area contributed by atoms with Crippen LogP contribution < -0.4 is 0 Å². The van der Waals surface area contributed by atoms with Crippen LogP contribution in [0.3, 0.4) is 0 Å². The van der Waals surface area contributed by atoms with E-state index in [-0.39, 0.29) is 12.0 Å². The molecule has 0 N–H and O–H groups in total. The van der Waals surface area contributed by atoms with Crippen LogP contribution in [-0.4, -0.2) is 37.1 Å². The minimum absolute atomic E-state index is 0.159. The Kier molecular flexibility index (Phi) is 3.99. The zero-order chi connectivity index (χ0) is 14.1. The van der Waals surface area contributed by atoms with Gasteiger partial charge in [-0.15, -0.1) is 0 Å². The number of hydrogen-bond donors (Lipinski definition) is 0. The van der Waals surface area contributed by atoms with E-state index in [1.165, 1.54) is 5.56 Å². The summed E-state index contributed by atoms with van der Waals surface area (Å²) in [5.74, 6) is 0.834. The lowest BCUT2D eigenvalue weighted by Gasteiger charge is -2.32. The van der Waals surface area contributed by atoms with E-state index in [0.29, 0.717) is 11.8 Å². The van der Waals surface area contributed by atoms with Gasteiger partial charge in [-0.25, -0.2) is 0 Å². The predicted octanol–water partition coefficient (Wildman–Crippen LogP) is 3.08. The van der Waals surface area contributed by atoms with Crippen molar-refractivity contribution in [2.24, 2.45) is 5.92 Å². The maximum atomic E-state index is 12.5. The number of rotatable bonds is 3. The van der Waals surface area contributed by atoms with E-state index in [1.807, 2.05) is 29.2 Å². The molecule has 2 aliphatic rings. The Morgan fingerprint density at radius 2 is 2.10 bits per heavy atom. The van der Waals surface area contributed by atoms with E-state index < -0.39 is 0 Å². The van der Waals surface area contributed by atoms with E-state index in [1.54, 1.807) is 7.11 Å². The number of hydrogen-bond acceptors (Lipinski definition) is 2. The van der Waals surface area contributed by atoms with Crippen molar-refractivity contribution >= 4 is 17.5 Å². The van der Waals surface area contributed by atoms with Crippen molar-refractivity contribution in [1.82, 2.24) is 4.90 Å². The van der Waals surface area contributed by atoms with Gasteiger partial charge in [-0.2, -0.15) is 0 Å². The number of carbonyl (C=O) groups is 1. The van der Waals surface area contributed by atoms with Crippen LogP contribution in [0.15, 0.2) is 24.3 Å². The lowest BCUT2D eigenvalue weighted by molar-refractivity contribution is -0.136. The third-order valence-electron chi connectivity index (χ3n) is 4.43. The van der Waals surface area contributed by atoms with Crippen molar-refractivity contribution < 1.29 is 9.53 Å². The van der Waals surface area contributed by atoms with Gasteiger partial charge < -0.3 is 9.64 Å². The second-order valence-electron chi connectivity index (χ2n) is 5.78. The normalized spacial score (nSPS) is 29.3. The molecular formula is C16H20ClNO2. The van der Waals surface area contributed by atoms with Gasteiger partial charge in [0.2, 0.25) is 5.91 Å². The summed E-state index contributed by atoms with van der Waals surface area (Å²) in [5.41, 5.74) is 1.23. The van der Waals surface area contributed by atoms with Crippen LogP contribution in [0.2, 0.25) is 5.02 Å². The Balaban J connectivity index is 1.61. The third-order valence-corrected chi connectivity index (χ3v) is 4.68. The Morgan fingerprint density at radius 1 is 1.35 bits per heavy atom. The molecule has 1 saturated heterocycles. The highest BCUT2D eigenvalue weighted by molar-refractivity contribution is 6.30. The standard InChI is InChI=1S/C16H20ClNO2/c1-20-13-3-2-8-18(10-13)16(19)15-9-14(15)11-4-6-12(17)7-5-11/h4-7,13-15H,2-3,8-10H2,1H3. The smallest absolute Gasteiger partial charge is 0.226 e. The van der Waals surface area contributed by atoms with Gasteiger partial charge in [-0.1, -0.05) is 23.7 Å². The van der Waals surface area contributed by atoms with E-state index in [2.05, 4.69) is 0 Å². The van der Waals surface area contributed by atoms with Crippen LogP contribution in [0.5, 0.6) is 0 Å². The molecule has 2 fully saturated rings. The monoisotopic (exact) mass is 293 g/mol. The summed E-state index contributed by atoms with van der Waals surface area (Å²) >= 11 is 5.90. The van der Waals surface area contributed by atoms with Crippen LogP contribution >= 0.6 is 11.6 Å². The van der Waals surface area contributed by atoms with Gasteiger partial charge in [-0.3, -0.25) is 4.79 Å². The fourth-order valence-electron chi connectivity index (χ4n) is 3.11. The van der Waals surface area contributed by atoms with Crippen molar-refractivity contribution in [1.29, 1.82) is 0 Å². The number of likely N-dealkylation sites (tertiary alicyclic amines) is 1. The van der Waals surface area contributed by atoms with Gasteiger partial charge in [-0.05, 0) is 42.9 Å². The van der Waals surface area contributed by atoms with Crippen molar-refractivity contribution in [3.05, 3.63) is 34.9 Å². The predicted molar refractivity (Wildman–Crippen MR) is 78.9 cm³/mol. The van der Waals surface area contributed by atoms with Gasteiger partial charge in [0, 0.05) is 31.1 Å². The Bertz CT molecular complexity index is 488. The summed E-state index contributed by atoms with van der Waals surface area (Å²) in [6.45, 7) is 1.63. The van der Waals surface area contributed by atoms with Crippen molar-refractivity contribution in [3.8, 4) is 0 Å². The summed E-state index contributed by atoms with van der Waals surface area (Å²) in [6.07, 6.45) is 3.28. The average molecular weight is 294 g/mol. The SMILES string of the molecule is COC1CCCN(C(=O)C2CC2c2ccc(Cl)cc2)C1. The molecule has 1 heterocycles. The van der Waals surface area contributed by atoms with E-state index in [4.69, 9.17) is 16.3 Å². The largest absolute Gasteiger partial charge is 0.380 e. The van der Waals surface area contributed by atoms with Crippen LogP contribution in [-0.2, 0) is 9.53 Å². The molecule has 0 aromatic heterocycles. The maximum Gasteiger partial charge on any atom is 0.226 e. The van der Waals surface area contributed by atoms with Crippen molar-refractivity contribution in [2.45, 2.75) is 31.3 Å². The highest BCUT2D eigenvalue weighted by Crippen LogP contribution is 2.48. The third kappa shape index (κ3) is 2.84. The molecule has 0 radical (unpaired) electrons. The molecule has 3 rings (SSSR count). The van der Waals surface area contributed by atoms with Crippen LogP contribution in [0.25, 0.3) is 0 Å². The lowest BCUT2D eigenvalue weighted by atomic mass is 10.1. The molecule has 1 aromatic rings. The quantitative estimate of drug-likeness (QED) is 0.857. The van der Waals surface area contributed by atoms with Crippen LogP contribution in [0, 0.1) is 5.92 Å². The number of ether oxygens (including phenoxy) is 1. The number of nitrogens with zero attached hydrogens (tertiary/aromatic N) is 1. The van der Waals surface area contributed by atoms with E-state index in [0.717, 1.165) is 37.4 Å². The van der Waals surface area contributed by atoms with Gasteiger partial charge in [0.1, 0.15) is 0 Å². The highest BCUT2D eigenvalue weighted by Gasteiger charge is 2.46. The topological polar surface area (TPSA) is 29.5 Å². The zero-order valence-electron chi connectivity index (χ0n) is 11.7. The molecule has 4 heteroatoms. The van der Waals surface area contributed by atoms with Crippen molar-refractivity contribution in [3.63, 3.8) is 0 Å². The van der Waals surface area contributed by atoms with Gasteiger partial charge in [0.25, 0.3) is 0 Å². The molecule has 0 bridgehead atoms. The van der Waals surface area contributed by atoms with Crippen LogP contribution in [0.4, 0.5) is 0 Å². The van der Waals surface area contributed by atoms with Crippen molar-refractivity contribution in [2.75, 3.05) is 20.2 Å². The Labute approximate surface area is 124 Å². The molecule has 1 amide bonds. The van der Waals surface area contributed by atoms with Gasteiger partial charge >= 0.3 is 0 Å². The van der Waals surface area contributed by atoms with E-state index in [9.17, 15) is 4.79 Å².